The second-order valence-electron chi connectivity index (χ2n) is 6.28. The Kier molecular flexibility index (Phi) is 5.69. The van der Waals surface area contributed by atoms with Gasteiger partial charge >= 0.3 is 0 Å². The monoisotopic (exact) mass is 367 g/mol. The fourth-order valence-electron chi connectivity index (χ4n) is 3.02. The molecule has 0 N–H and O–H groups in total. The van der Waals surface area contributed by atoms with Crippen molar-refractivity contribution in [2.45, 2.75) is 33.1 Å². The highest BCUT2D eigenvalue weighted by Crippen LogP contribution is 2.28. The van der Waals surface area contributed by atoms with E-state index >= 15 is 0 Å². The van der Waals surface area contributed by atoms with Gasteiger partial charge in [0.05, 0.1) is 22.3 Å². The Bertz CT molecular complexity index is 709. The highest BCUT2D eigenvalue weighted by molar-refractivity contribution is 6.42. The van der Waals surface area contributed by atoms with E-state index in [9.17, 15) is 0 Å². The molecule has 0 atom stereocenters. The Balaban J connectivity index is 1.65. The fraction of sp³-hybridized carbons (Fsp3) is 0.500. The predicted octanol–water partition coefficient (Wildman–Crippen LogP) is 4.66. The minimum atomic E-state index is 0.523. The highest BCUT2D eigenvalue weighted by Gasteiger charge is 2.15. The summed E-state index contributed by atoms with van der Waals surface area (Å²) in [7, 11) is 0. The molecule has 1 saturated heterocycles. The molecule has 0 spiro atoms. The first-order valence-electron chi connectivity index (χ1n) is 8.43. The molecule has 0 aliphatic carbocycles. The minimum Gasteiger partial charge on any atom is -0.476 e. The van der Waals surface area contributed by atoms with Crippen LogP contribution in [0.25, 0.3) is 5.69 Å². The molecule has 1 aliphatic heterocycles. The molecule has 6 heteroatoms. The Hall–Kier alpha value is -1.23. The fourth-order valence-corrected chi connectivity index (χ4v) is 3.32. The summed E-state index contributed by atoms with van der Waals surface area (Å²) >= 11 is 12.1. The van der Waals surface area contributed by atoms with Crippen LogP contribution in [0.2, 0.25) is 10.0 Å². The average Bonchev–Trinajstić information content (AvgIpc) is 3.18. The molecule has 1 aliphatic rings. The summed E-state index contributed by atoms with van der Waals surface area (Å²) in [6.45, 7) is 8.31. The van der Waals surface area contributed by atoms with Crippen LogP contribution in [0.15, 0.2) is 18.2 Å². The average molecular weight is 368 g/mol. The number of nitrogens with zero attached hydrogens (tertiary/aromatic N) is 3. The molecule has 1 aromatic heterocycles. The number of halogens is 2. The zero-order valence-electron chi connectivity index (χ0n) is 14.2. The van der Waals surface area contributed by atoms with Crippen LogP contribution in [0.3, 0.4) is 0 Å². The Morgan fingerprint density at radius 3 is 2.58 bits per heavy atom. The summed E-state index contributed by atoms with van der Waals surface area (Å²) in [5, 5.41) is 5.66. The third kappa shape index (κ3) is 3.88. The first kappa shape index (κ1) is 17.6. The zero-order chi connectivity index (χ0) is 17.1. The molecular formula is C18H23Cl2N3O. The van der Waals surface area contributed by atoms with Gasteiger partial charge in [-0.05, 0) is 64.4 Å². The van der Waals surface area contributed by atoms with Crippen LogP contribution in [-0.4, -0.2) is 40.9 Å². The zero-order valence-corrected chi connectivity index (χ0v) is 15.7. The standard InChI is InChI=1S/C18H23Cl2N3O/c1-13-14(2)23(15-6-7-16(19)17(20)12-15)21-18(13)24-11-5-10-22-8-3-4-9-22/h6-7,12H,3-5,8-11H2,1-2H3. The maximum atomic E-state index is 6.12. The Labute approximate surface area is 153 Å². The van der Waals surface area contributed by atoms with E-state index in [-0.39, 0.29) is 0 Å². The summed E-state index contributed by atoms with van der Waals surface area (Å²) in [6.07, 6.45) is 3.68. The first-order valence-corrected chi connectivity index (χ1v) is 9.18. The molecule has 0 amide bonds. The van der Waals surface area contributed by atoms with E-state index in [1.807, 2.05) is 30.7 Å². The molecular weight excluding hydrogens is 345 g/mol. The molecule has 0 saturated carbocycles. The van der Waals surface area contributed by atoms with Crippen molar-refractivity contribution in [1.29, 1.82) is 0 Å². The normalized spacial score (nSPS) is 15.2. The van der Waals surface area contributed by atoms with Crippen LogP contribution in [0.4, 0.5) is 0 Å². The van der Waals surface area contributed by atoms with Crippen LogP contribution >= 0.6 is 23.2 Å². The third-order valence-corrected chi connectivity index (χ3v) is 5.31. The van der Waals surface area contributed by atoms with E-state index in [2.05, 4.69) is 10.00 Å². The molecule has 0 radical (unpaired) electrons. The number of likely N-dealkylation sites (tertiary alicyclic amines) is 1. The van der Waals surface area contributed by atoms with Gasteiger partial charge in [-0.15, -0.1) is 5.10 Å². The van der Waals surface area contributed by atoms with Gasteiger partial charge in [0, 0.05) is 17.8 Å². The van der Waals surface area contributed by atoms with E-state index in [4.69, 9.17) is 27.9 Å². The topological polar surface area (TPSA) is 30.3 Å². The van der Waals surface area contributed by atoms with Gasteiger partial charge in [0.1, 0.15) is 0 Å². The first-order chi connectivity index (χ1) is 11.6. The van der Waals surface area contributed by atoms with Crippen molar-refractivity contribution in [3.05, 3.63) is 39.5 Å². The van der Waals surface area contributed by atoms with Crippen molar-refractivity contribution < 1.29 is 4.74 Å². The molecule has 1 fully saturated rings. The molecule has 0 bridgehead atoms. The van der Waals surface area contributed by atoms with Crippen molar-refractivity contribution in [3.8, 4) is 11.6 Å². The number of ether oxygens (including phenoxy) is 1. The number of hydrogen-bond acceptors (Lipinski definition) is 3. The molecule has 4 nitrogen and oxygen atoms in total. The van der Waals surface area contributed by atoms with Crippen molar-refractivity contribution in [2.75, 3.05) is 26.2 Å². The molecule has 1 aromatic carbocycles. The number of hydrogen-bond donors (Lipinski definition) is 0. The molecule has 24 heavy (non-hydrogen) atoms. The van der Waals surface area contributed by atoms with Crippen molar-refractivity contribution in [2.24, 2.45) is 0 Å². The molecule has 130 valence electrons. The third-order valence-electron chi connectivity index (χ3n) is 4.58. The predicted molar refractivity (Wildman–Crippen MR) is 98.8 cm³/mol. The lowest BCUT2D eigenvalue weighted by atomic mass is 10.2. The number of aromatic nitrogens is 2. The van der Waals surface area contributed by atoms with Gasteiger partial charge in [0.2, 0.25) is 5.88 Å². The maximum absolute atomic E-state index is 6.12. The molecule has 2 heterocycles. The van der Waals surface area contributed by atoms with E-state index < -0.39 is 0 Å². The largest absolute Gasteiger partial charge is 0.476 e. The quantitative estimate of drug-likeness (QED) is 0.695. The molecule has 0 unspecified atom stereocenters. The Morgan fingerprint density at radius 2 is 1.88 bits per heavy atom. The van der Waals surface area contributed by atoms with E-state index in [1.54, 1.807) is 6.07 Å². The van der Waals surface area contributed by atoms with Gasteiger partial charge < -0.3 is 9.64 Å². The van der Waals surface area contributed by atoms with Gasteiger partial charge in [0.25, 0.3) is 0 Å². The minimum absolute atomic E-state index is 0.523. The number of rotatable bonds is 6. The maximum Gasteiger partial charge on any atom is 0.236 e. The molecule has 2 aromatic rings. The van der Waals surface area contributed by atoms with Gasteiger partial charge in [-0.25, -0.2) is 4.68 Å². The van der Waals surface area contributed by atoms with Gasteiger partial charge in [-0.1, -0.05) is 23.2 Å². The van der Waals surface area contributed by atoms with Crippen LogP contribution < -0.4 is 4.74 Å². The summed E-state index contributed by atoms with van der Waals surface area (Å²) in [4.78, 5) is 2.50. The second-order valence-corrected chi connectivity index (χ2v) is 7.09. The summed E-state index contributed by atoms with van der Waals surface area (Å²) in [5.41, 5.74) is 2.99. The highest BCUT2D eigenvalue weighted by atomic mass is 35.5. The lowest BCUT2D eigenvalue weighted by Crippen LogP contribution is -2.22. The van der Waals surface area contributed by atoms with E-state index in [1.165, 1.54) is 25.9 Å². The van der Waals surface area contributed by atoms with Crippen LogP contribution in [0, 0.1) is 13.8 Å². The van der Waals surface area contributed by atoms with Gasteiger partial charge in [0.15, 0.2) is 0 Å². The Morgan fingerprint density at radius 1 is 1.12 bits per heavy atom. The van der Waals surface area contributed by atoms with Crippen LogP contribution in [-0.2, 0) is 0 Å². The summed E-state index contributed by atoms with van der Waals surface area (Å²) in [5.74, 6) is 0.694. The van der Waals surface area contributed by atoms with Gasteiger partial charge in [-0.3, -0.25) is 0 Å². The van der Waals surface area contributed by atoms with Crippen molar-refractivity contribution in [3.63, 3.8) is 0 Å². The summed E-state index contributed by atoms with van der Waals surface area (Å²) < 4.78 is 7.77. The van der Waals surface area contributed by atoms with Crippen molar-refractivity contribution >= 4 is 23.2 Å². The van der Waals surface area contributed by atoms with E-state index in [0.717, 1.165) is 29.9 Å². The number of benzene rings is 1. The van der Waals surface area contributed by atoms with Crippen LogP contribution in [0.1, 0.15) is 30.5 Å². The van der Waals surface area contributed by atoms with Crippen LogP contribution in [0.5, 0.6) is 5.88 Å². The lowest BCUT2D eigenvalue weighted by molar-refractivity contribution is 0.255. The molecule has 3 rings (SSSR count). The SMILES string of the molecule is Cc1c(OCCCN2CCCC2)nn(-c2ccc(Cl)c(Cl)c2)c1C. The van der Waals surface area contributed by atoms with E-state index in [0.29, 0.717) is 22.5 Å². The van der Waals surface area contributed by atoms with Gasteiger partial charge in [-0.2, -0.15) is 0 Å². The smallest absolute Gasteiger partial charge is 0.236 e. The summed E-state index contributed by atoms with van der Waals surface area (Å²) in [6, 6.07) is 5.51. The lowest BCUT2D eigenvalue weighted by Gasteiger charge is -2.13. The second kappa shape index (κ2) is 7.77. The van der Waals surface area contributed by atoms with Crippen molar-refractivity contribution in [1.82, 2.24) is 14.7 Å².